The summed E-state index contributed by atoms with van der Waals surface area (Å²) in [6.07, 6.45) is 0. The summed E-state index contributed by atoms with van der Waals surface area (Å²) in [5.41, 5.74) is 2.20. The molecule has 9 heteroatoms. The van der Waals surface area contributed by atoms with Crippen LogP contribution in [-0.4, -0.2) is 48.5 Å². The zero-order valence-electron chi connectivity index (χ0n) is 17.9. The SMILES string of the molecule is CCOC(=O)c1c(Cl)c(C)nn1-c1cccc(C(=O)N(C)c2ccc3c(c2)OCCO3)c1. The third kappa shape index (κ3) is 4.01. The minimum atomic E-state index is -0.580. The molecule has 0 radical (unpaired) electrons. The minimum absolute atomic E-state index is 0.121. The first kappa shape index (κ1) is 21.7. The van der Waals surface area contributed by atoms with Crippen LogP contribution < -0.4 is 14.4 Å². The Hall–Kier alpha value is -3.52. The topological polar surface area (TPSA) is 82.9 Å². The van der Waals surface area contributed by atoms with Crippen LogP contribution in [0.1, 0.15) is 33.5 Å². The van der Waals surface area contributed by atoms with Crippen molar-refractivity contribution in [1.29, 1.82) is 0 Å². The van der Waals surface area contributed by atoms with Crippen molar-refractivity contribution in [2.45, 2.75) is 13.8 Å². The second kappa shape index (κ2) is 8.92. The highest BCUT2D eigenvalue weighted by atomic mass is 35.5. The first-order valence-corrected chi connectivity index (χ1v) is 10.5. The van der Waals surface area contributed by atoms with Gasteiger partial charge in [0.15, 0.2) is 17.2 Å². The number of hydrogen-bond donors (Lipinski definition) is 0. The van der Waals surface area contributed by atoms with Gasteiger partial charge in [-0.3, -0.25) is 4.79 Å². The molecule has 0 unspecified atom stereocenters. The van der Waals surface area contributed by atoms with Crippen LogP contribution in [-0.2, 0) is 4.74 Å². The molecule has 3 aromatic rings. The van der Waals surface area contributed by atoms with E-state index in [4.69, 9.17) is 25.8 Å². The fraction of sp³-hybridized carbons (Fsp3) is 0.261. The Kier molecular flexibility index (Phi) is 6.05. The van der Waals surface area contributed by atoms with Crippen molar-refractivity contribution in [2.75, 3.05) is 31.8 Å². The average Bonchev–Trinajstić information content (AvgIpc) is 3.12. The number of fused-ring (bicyclic) bond motifs is 1. The standard InChI is InChI=1S/C23H22ClN3O5/c1-4-30-23(29)21-20(24)14(2)25-27(21)17-7-5-6-15(12-17)22(28)26(3)16-8-9-18-19(13-16)32-11-10-31-18/h5-9,12-13H,4,10-11H2,1-3H3. The van der Waals surface area contributed by atoms with Crippen LogP contribution in [0.15, 0.2) is 42.5 Å². The monoisotopic (exact) mass is 455 g/mol. The van der Waals surface area contributed by atoms with Gasteiger partial charge in [0.05, 0.1) is 23.0 Å². The van der Waals surface area contributed by atoms with Gasteiger partial charge >= 0.3 is 5.97 Å². The average molecular weight is 456 g/mol. The molecule has 1 amide bonds. The Morgan fingerprint density at radius 2 is 1.91 bits per heavy atom. The highest BCUT2D eigenvalue weighted by Gasteiger charge is 2.24. The first-order valence-electron chi connectivity index (χ1n) is 10.1. The molecule has 0 N–H and O–H groups in total. The number of carbonyl (C=O) groups excluding carboxylic acids is 2. The van der Waals surface area contributed by atoms with Crippen molar-refractivity contribution >= 4 is 29.2 Å². The van der Waals surface area contributed by atoms with Crippen LogP contribution in [0.5, 0.6) is 11.5 Å². The van der Waals surface area contributed by atoms with E-state index in [-0.39, 0.29) is 23.2 Å². The van der Waals surface area contributed by atoms with Crippen LogP contribution in [0.3, 0.4) is 0 Å². The molecule has 32 heavy (non-hydrogen) atoms. The number of benzene rings is 2. The van der Waals surface area contributed by atoms with Crippen LogP contribution in [0.2, 0.25) is 5.02 Å². The molecule has 2 aromatic carbocycles. The molecule has 0 saturated carbocycles. The van der Waals surface area contributed by atoms with Crippen molar-refractivity contribution in [2.24, 2.45) is 0 Å². The van der Waals surface area contributed by atoms with Gasteiger partial charge < -0.3 is 19.1 Å². The molecule has 1 aromatic heterocycles. The van der Waals surface area contributed by atoms with E-state index >= 15 is 0 Å². The number of anilines is 1. The van der Waals surface area contributed by atoms with Crippen LogP contribution >= 0.6 is 11.6 Å². The number of nitrogens with zero attached hydrogens (tertiary/aromatic N) is 3. The second-order valence-corrected chi connectivity index (χ2v) is 7.50. The lowest BCUT2D eigenvalue weighted by molar-refractivity contribution is 0.0516. The van der Waals surface area contributed by atoms with Gasteiger partial charge in [-0.25, -0.2) is 9.48 Å². The van der Waals surface area contributed by atoms with Gasteiger partial charge in [0.25, 0.3) is 5.91 Å². The smallest absolute Gasteiger partial charge is 0.358 e. The van der Waals surface area contributed by atoms with Crippen LogP contribution in [0.25, 0.3) is 5.69 Å². The van der Waals surface area contributed by atoms with E-state index in [1.807, 2.05) is 0 Å². The first-order chi connectivity index (χ1) is 15.4. The van der Waals surface area contributed by atoms with Gasteiger partial charge in [-0.2, -0.15) is 5.10 Å². The number of aryl methyl sites for hydroxylation is 1. The zero-order valence-corrected chi connectivity index (χ0v) is 18.7. The number of rotatable bonds is 5. The van der Waals surface area contributed by atoms with Crippen LogP contribution in [0.4, 0.5) is 5.69 Å². The lowest BCUT2D eigenvalue weighted by Gasteiger charge is -2.22. The molecule has 2 heterocycles. The molecule has 0 spiro atoms. The van der Waals surface area contributed by atoms with Gasteiger partial charge in [0, 0.05) is 24.4 Å². The number of esters is 1. The maximum absolute atomic E-state index is 13.2. The number of halogens is 1. The molecule has 1 aliphatic rings. The van der Waals surface area contributed by atoms with Crippen molar-refractivity contribution in [3.05, 3.63) is 64.4 Å². The van der Waals surface area contributed by atoms with Gasteiger partial charge in [-0.05, 0) is 44.2 Å². The summed E-state index contributed by atoms with van der Waals surface area (Å²) in [5.74, 6) is 0.433. The fourth-order valence-corrected chi connectivity index (χ4v) is 3.59. The highest BCUT2D eigenvalue weighted by molar-refractivity contribution is 6.34. The van der Waals surface area contributed by atoms with E-state index in [0.29, 0.717) is 47.3 Å². The highest BCUT2D eigenvalue weighted by Crippen LogP contribution is 2.34. The number of hydrogen-bond acceptors (Lipinski definition) is 6. The Balaban J connectivity index is 1.66. The lowest BCUT2D eigenvalue weighted by Crippen LogP contribution is -2.26. The Bertz CT molecular complexity index is 1190. The largest absolute Gasteiger partial charge is 0.486 e. The Labute approximate surface area is 190 Å². The molecule has 0 atom stereocenters. The van der Waals surface area contributed by atoms with Gasteiger partial charge in [0.1, 0.15) is 13.2 Å². The third-order valence-electron chi connectivity index (χ3n) is 5.01. The summed E-state index contributed by atoms with van der Waals surface area (Å²) in [6, 6.07) is 12.2. The van der Waals surface area contributed by atoms with Gasteiger partial charge in [-0.1, -0.05) is 17.7 Å². The molecule has 0 saturated heterocycles. The van der Waals surface area contributed by atoms with E-state index in [1.165, 1.54) is 9.58 Å². The molecule has 1 aliphatic heterocycles. The van der Waals surface area contributed by atoms with Crippen molar-refractivity contribution in [3.63, 3.8) is 0 Å². The van der Waals surface area contributed by atoms with Crippen molar-refractivity contribution in [1.82, 2.24) is 9.78 Å². The summed E-state index contributed by atoms with van der Waals surface area (Å²) in [7, 11) is 1.68. The van der Waals surface area contributed by atoms with Crippen LogP contribution in [0, 0.1) is 6.92 Å². The molecule has 8 nitrogen and oxygen atoms in total. The molecule has 0 bridgehead atoms. The number of carbonyl (C=O) groups is 2. The van der Waals surface area contributed by atoms with E-state index in [0.717, 1.165) is 0 Å². The molecule has 166 valence electrons. The number of ether oxygens (including phenoxy) is 3. The maximum atomic E-state index is 13.2. The maximum Gasteiger partial charge on any atom is 0.358 e. The predicted octanol–water partition coefficient (Wildman–Crippen LogP) is 4.06. The quantitative estimate of drug-likeness (QED) is 0.539. The normalized spacial score (nSPS) is 12.4. The third-order valence-corrected chi connectivity index (χ3v) is 5.46. The lowest BCUT2D eigenvalue weighted by atomic mass is 10.1. The summed E-state index contributed by atoms with van der Waals surface area (Å²) in [5, 5.41) is 4.58. The number of aromatic nitrogens is 2. The zero-order chi connectivity index (χ0) is 22.8. The van der Waals surface area contributed by atoms with E-state index in [1.54, 1.807) is 63.4 Å². The summed E-state index contributed by atoms with van der Waals surface area (Å²) in [4.78, 5) is 27.2. The number of amides is 1. The molecular formula is C23H22ClN3O5. The molecule has 0 fully saturated rings. The van der Waals surface area contributed by atoms with E-state index in [9.17, 15) is 9.59 Å². The van der Waals surface area contributed by atoms with Crippen molar-refractivity contribution < 1.29 is 23.8 Å². The predicted molar refractivity (Wildman–Crippen MR) is 119 cm³/mol. The fourth-order valence-electron chi connectivity index (χ4n) is 3.39. The Morgan fingerprint density at radius 3 is 2.66 bits per heavy atom. The molecule has 4 rings (SSSR count). The summed E-state index contributed by atoms with van der Waals surface area (Å²) < 4.78 is 17.7. The molecular weight excluding hydrogens is 434 g/mol. The van der Waals surface area contributed by atoms with E-state index in [2.05, 4.69) is 5.10 Å². The van der Waals surface area contributed by atoms with Gasteiger partial charge in [0.2, 0.25) is 0 Å². The van der Waals surface area contributed by atoms with E-state index < -0.39 is 5.97 Å². The minimum Gasteiger partial charge on any atom is -0.486 e. The molecule has 0 aliphatic carbocycles. The Morgan fingerprint density at radius 1 is 1.16 bits per heavy atom. The summed E-state index contributed by atoms with van der Waals surface area (Å²) >= 11 is 6.30. The van der Waals surface area contributed by atoms with Crippen molar-refractivity contribution in [3.8, 4) is 17.2 Å². The summed E-state index contributed by atoms with van der Waals surface area (Å²) in [6.45, 7) is 4.58. The van der Waals surface area contributed by atoms with Gasteiger partial charge in [-0.15, -0.1) is 0 Å². The second-order valence-electron chi connectivity index (χ2n) is 7.12.